The number of ether oxygens (including phenoxy) is 1. The van der Waals surface area contributed by atoms with Crippen molar-refractivity contribution in [2.24, 2.45) is 0 Å². The number of hydrogen-bond donors (Lipinski definition) is 1. The molecule has 2 aromatic rings. The number of benzene rings is 2. The maximum atomic E-state index is 11.1. The van der Waals surface area contributed by atoms with Crippen LogP contribution in [-0.2, 0) is 0 Å². The molecule has 0 saturated carbocycles. The van der Waals surface area contributed by atoms with Gasteiger partial charge in [-0.3, -0.25) is 0 Å². The Morgan fingerprint density at radius 2 is 1.88 bits per heavy atom. The van der Waals surface area contributed by atoms with Gasteiger partial charge in [-0.05, 0) is 11.5 Å². The van der Waals surface area contributed by atoms with Gasteiger partial charge >= 0.3 is 43.8 Å². The molecule has 2 aromatic carbocycles. The van der Waals surface area contributed by atoms with Crippen molar-refractivity contribution in [1.29, 1.82) is 0 Å². The Morgan fingerprint density at radius 3 is 2.62 bits per heavy atom. The van der Waals surface area contributed by atoms with E-state index in [9.17, 15) is 4.79 Å². The Labute approximate surface area is 127 Å². The zero-order valence-corrected chi connectivity index (χ0v) is 11.3. The zero-order valence-electron chi connectivity index (χ0n) is 11.1. The summed E-state index contributed by atoms with van der Waals surface area (Å²) in [7, 11) is 1.54. The van der Waals surface area contributed by atoms with Gasteiger partial charge in [-0.2, -0.15) is 0 Å². The molecule has 80 valence electrons. The van der Waals surface area contributed by atoms with Gasteiger partial charge in [-0.25, -0.2) is 4.79 Å². The molecule has 2 rings (SSSR count). The van der Waals surface area contributed by atoms with Crippen LogP contribution in [0, 0.1) is 0 Å². The van der Waals surface area contributed by atoms with Crippen molar-refractivity contribution in [3.8, 4) is 5.75 Å². The van der Waals surface area contributed by atoms with Crippen molar-refractivity contribution in [3.05, 3.63) is 42.5 Å². The zero-order chi connectivity index (χ0) is 10.7. The van der Waals surface area contributed by atoms with E-state index in [2.05, 4.69) is 5.32 Å². The quantitative estimate of drug-likeness (QED) is 0.781. The number of rotatable bonds is 1. The van der Waals surface area contributed by atoms with Crippen molar-refractivity contribution >= 4 is 54.6 Å². The van der Waals surface area contributed by atoms with Gasteiger partial charge in [-0.15, -0.1) is 0 Å². The number of hydrogen-bond acceptors (Lipinski definition) is 2. The predicted molar refractivity (Wildman–Crippen MR) is 67.0 cm³/mol. The van der Waals surface area contributed by atoms with E-state index in [4.69, 9.17) is 4.74 Å². The summed E-state index contributed by atoms with van der Waals surface area (Å²) in [4.78, 5) is 11.1. The van der Waals surface area contributed by atoms with Crippen LogP contribution in [0.1, 0.15) is 2.85 Å². The molecular weight excluding hydrogens is 230 g/mol. The molecule has 1 N–H and O–H groups in total. The molecule has 0 fully saturated rings. The average Bonchev–Trinajstić information content (AvgIpc) is 2.29. The Morgan fingerprint density at radius 1 is 1.19 bits per heavy atom. The van der Waals surface area contributed by atoms with Gasteiger partial charge < -0.3 is 12.9 Å². The SMILES string of the molecule is CNC(=O)Oc1cccc2ccccc12.[Ca+2].[H-].[H-]. The minimum Gasteiger partial charge on any atom is -1.00 e. The van der Waals surface area contributed by atoms with Crippen molar-refractivity contribution in [2.75, 3.05) is 7.05 Å². The number of carbonyl (C=O) groups excluding carboxylic acids is 1. The molecule has 0 spiro atoms. The van der Waals surface area contributed by atoms with Gasteiger partial charge in [0.1, 0.15) is 5.75 Å². The number of carbonyl (C=O) groups is 1. The normalized spacial score (nSPS) is 9.31. The summed E-state index contributed by atoms with van der Waals surface area (Å²) in [5, 5.41) is 4.41. The Hall–Kier alpha value is -0.770. The summed E-state index contributed by atoms with van der Waals surface area (Å²) < 4.78 is 5.13. The van der Waals surface area contributed by atoms with Crippen LogP contribution in [0.15, 0.2) is 42.5 Å². The van der Waals surface area contributed by atoms with E-state index in [1.54, 1.807) is 6.07 Å². The van der Waals surface area contributed by atoms with E-state index >= 15 is 0 Å². The maximum absolute atomic E-state index is 11.1. The molecule has 0 saturated heterocycles. The van der Waals surface area contributed by atoms with Crippen LogP contribution in [0.3, 0.4) is 0 Å². The van der Waals surface area contributed by atoms with Gasteiger partial charge in [0.2, 0.25) is 0 Å². The summed E-state index contributed by atoms with van der Waals surface area (Å²) in [6.45, 7) is 0. The second-order valence-electron chi connectivity index (χ2n) is 3.12. The van der Waals surface area contributed by atoms with Crippen molar-refractivity contribution < 1.29 is 12.4 Å². The summed E-state index contributed by atoms with van der Waals surface area (Å²) in [6.07, 6.45) is -0.452. The minimum absolute atomic E-state index is 0. The van der Waals surface area contributed by atoms with Crippen LogP contribution in [0.25, 0.3) is 10.8 Å². The Balaban J connectivity index is 0. The van der Waals surface area contributed by atoms with Crippen LogP contribution in [0.2, 0.25) is 0 Å². The topological polar surface area (TPSA) is 38.3 Å². The fraction of sp³-hybridized carbons (Fsp3) is 0.0833. The summed E-state index contributed by atoms with van der Waals surface area (Å²) >= 11 is 0. The molecule has 0 unspecified atom stereocenters. The van der Waals surface area contributed by atoms with Crippen LogP contribution >= 0.6 is 0 Å². The molecule has 4 heteroatoms. The molecule has 0 heterocycles. The Kier molecular flexibility index (Phi) is 5.06. The molecular formula is C12H13CaNO2. The third kappa shape index (κ3) is 2.88. The summed E-state index contributed by atoms with van der Waals surface area (Å²) in [5.41, 5.74) is 0. The van der Waals surface area contributed by atoms with E-state index in [1.807, 2.05) is 36.4 Å². The molecule has 0 aliphatic heterocycles. The van der Waals surface area contributed by atoms with Gasteiger partial charge in [0.25, 0.3) is 0 Å². The third-order valence-electron chi connectivity index (χ3n) is 2.16. The second-order valence-corrected chi connectivity index (χ2v) is 3.12. The largest absolute Gasteiger partial charge is 2.00 e. The van der Waals surface area contributed by atoms with E-state index in [0.29, 0.717) is 5.75 Å². The molecule has 16 heavy (non-hydrogen) atoms. The standard InChI is InChI=1S/C12H11NO2.Ca.2H/c1-13-12(14)15-11-8-4-6-9-5-2-3-7-10(9)11;;;/h2-8H,1H3,(H,13,14);;;/q;+2;2*-1. The van der Waals surface area contributed by atoms with Crippen LogP contribution in [-0.4, -0.2) is 50.9 Å². The fourth-order valence-corrected chi connectivity index (χ4v) is 1.44. The number of amides is 1. The molecule has 0 aliphatic carbocycles. The van der Waals surface area contributed by atoms with E-state index in [0.717, 1.165) is 10.8 Å². The molecule has 3 nitrogen and oxygen atoms in total. The first-order valence-corrected chi connectivity index (χ1v) is 4.68. The second kappa shape index (κ2) is 6.09. The van der Waals surface area contributed by atoms with Gasteiger partial charge in [0, 0.05) is 12.4 Å². The minimum atomic E-state index is -0.452. The summed E-state index contributed by atoms with van der Waals surface area (Å²) in [6, 6.07) is 13.4. The van der Waals surface area contributed by atoms with E-state index in [-0.39, 0.29) is 40.6 Å². The average molecular weight is 243 g/mol. The third-order valence-corrected chi connectivity index (χ3v) is 2.16. The number of fused-ring (bicyclic) bond motifs is 1. The first-order chi connectivity index (χ1) is 7.31. The van der Waals surface area contributed by atoms with Crippen LogP contribution < -0.4 is 10.1 Å². The first kappa shape index (κ1) is 13.3. The van der Waals surface area contributed by atoms with Crippen LogP contribution in [0.4, 0.5) is 4.79 Å². The number of nitrogens with one attached hydrogen (secondary N) is 1. The first-order valence-electron chi connectivity index (χ1n) is 4.68. The molecule has 0 bridgehead atoms. The van der Waals surface area contributed by atoms with Gasteiger partial charge in [-0.1, -0.05) is 36.4 Å². The fourth-order valence-electron chi connectivity index (χ4n) is 1.44. The Bertz CT molecular complexity index is 503. The van der Waals surface area contributed by atoms with E-state index in [1.165, 1.54) is 7.05 Å². The smallest absolute Gasteiger partial charge is 1.00 e. The van der Waals surface area contributed by atoms with Crippen molar-refractivity contribution in [1.82, 2.24) is 5.32 Å². The van der Waals surface area contributed by atoms with Crippen molar-refractivity contribution in [3.63, 3.8) is 0 Å². The molecule has 0 radical (unpaired) electrons. The summed E-state index contributed by atoms with van der Waals surface area (Å²) in [5.74, 6) is 0.576. The van der Waals surface area contributed by atoms with Crippen LogP contribution in [0.5, 0.6) is 5.75 Å². The monoisotopic (exact) mass is 243 g/mol. The predicted octanol–water partition coefficient (Wildman–Crippen LogP) is 2.40. The molecule has 1 amide bonds. The van der Waals surface area contributed by atoms with Gasteiger partial charge in [0.05, 0.1) is 0 Å². The van der Waals surface area contributed by atoms with Crippen molar-refractivity contribution in [2.45, 2.75) is 0 Å². The molecule has 0 aromatic heterocycles. The van der Waals surface area contributed by atoms with Gasteiger partial charge in [0.15, 0.2) is 0 Å². The molecule has 0 atom stereocenters. The maximum Gasteiger partial charge on any atom is 2.00 e. The molecule has 0 aliphatic rings. The van der Waals surface area contributed by atoms with E-state index < -0.39 is 6.09 Å².